The van der Waals surface area contributed by atoms with Gasteiger partial charge >= 0.3 is 0 Å². The normalized spacial score (nSPS) is 23.0. The molecule has 2 aliphatic heterocycles. The summed E-state index contributed by atoms with van der Waals surface area (Å²) >= 11 is 0. The molecule has 1 amide bonds. The van der Waals surface area contributed by atoms with E-state index in [4.69, 9.17) is 4.74 Å². The second-order valence-electron chi connectivity index (χ2n) is 7.93. The molecule has 2 atom stereocenters. The number of hydrogen-bond donors (Lipinski definition) is 1. The molecule has 0 spiro atoms. The van der Waals surface area contributed by atoms with Crippen molar-refractivity contribution < 1.29 is 19.4 Å². The third-order valence-corrected chi connectivity index (χ3v) is 5.99. The van der Waals surface area contributed by atoms with Crippen LogP contribution in [0.15, 0.2) is 72.6 Å². The van der Waals surface area contributed by atoms with E-state index in [9.17, 15) is 14.7 Å². The van der Waals surface area contributed by atoms with Crippen LogP contribution in [0.1, 0.15) is 30.0 Å². The van der Waals surface area contributed by atoms with Crippen LogP contribution in [0.3, 0.4) is 0 Å². The quantitative estimate of drug-likeness (QED) is 0.399. The lowest BCUT2D eigenvalue weighted by molar-refractivity contribution is -0.140. The lowest BCUT2D eigenvalue weighted by Crippen LogP contribution is -2.36. The first-order valence-electron chi connectivity index (χ1n) is 10.4. The maximum absolute atomic E-state index is 13.1. The smallest absolute Gasteiger partial charge is 0.295 e. The van der Waals surface area contributed by atoms with Crippen molar-refractivity contribution in [3.8, 4) is 0 Å². The third-order valence-electron chi connectivity index (χ3n) is 5.99. The summed E-state index contributed by atoms with van der Waals surface area (Å²) in [5.74, 6) is -1.48. The van der Waals surface area contributed by atoms with Crippen molar-refractivity contribution in [2.45, 2.75) is 25.0 Å². The highest BCUT2D eigenvalue weighted by Gasteiger charge is 2.47. The van der Waals surface area contributed by atoms with Gasteiger partial charge in [-0.25, -0.2) is 0 Å². The number of ketones is 1. The number of likely N-dealkylation sites (tertiary alicyclic amines) is 1. The summed E-state index contributed by atoms with van der Waals surface area (Å²) in [5, 5.41) is 13.2. The van der Waals surface area contributed by atoms with Crippen molar-refractivity contribution in [2.24, 2.45) is 0 Å². The van der Waals surface area contributed by atoms with Gasteiger partial charge in [0, 0.05) is 31.1 Å². The first-order valence-corrected chi connectivity index (χ1v) is 10.4. The molecule has 0 bridgehead atoms. The molecule has 3 heterocycles. The highest BCUT2D eigenvalue weighted by molar-refractivity contribution is 6.46. The number of aromatic nitrogens is 1. The zero-order valence-corrected chi connectivity index (χ0v) is 16.9. The molecule has 0 saturated carbocycles. The first-order chi connectivity index (χ1) is 15.1. The van der Waals surface area contributed by atoms with Crippen molar-refractivity contribution in [2.75, 3.05) is 13.2 Å². The van der Waals surface area contributed by atoms with E-state index < -0.39 is 17.7 Å². The number of benzene rings is 2. The number of fused-ring (bicyclic) bond motifs is 1. The second kappa shape index (κ2) is 7.96. The molecule has 156 valence electrons. The van der Waals surface area contributed by atoms with E-state index in [-0.39, 0.29) is 17.4 Å². The fraction of sp³-hybridized carbons (Fsp3) is 0.240. The number of pyridine rings is 1. The Kier molecular flexibility index (Phi) is 5.00. The fourth-order valence-electron chi connectivity index (χ4n) is 4.45. The Morgan fingerprint density at radius 3 is 2.68 bits per heavy atom. The van der Waals surface area contributed by atoms with Crippen molar-refractivity contribution >= 4 is 28.2 Å². The van der Waals surface area contributed by atoms with Crippen LogP contribution < -0.4 is 0 Å². The molecule has 0 aliphatic carbocycles. The Balaban J connectivity index is 1.63. The topological polar surface area (TPSA) is 79.7 Å². The van der Waals surface area contributed by atoms with Crippen LogP contribution in [0, 0.1) is 0 Å². The van der Waals surface area contributed by atoms with Gasteiger partial charge < -0.3 is 14.7 Å². The van der Waals surface area contributed by atoms with Gasteiger partial charge in [0.25, 0.3) is 11.7 Å². The minimum absolute atomic E-state index is 0.0891. The van der Waals surface area contributed by atoms with E-state index >= 15 is 0 Å². The summed E-state index contributed by atoms with van der Waals surface area (Å²) in [6.07, 6.45) is 4.93. The number of ether oxygens (including phenoxy) is 1. The Bertz CT molecular complexity index is 1180. The molecule has 0 radical (unpaired) electrons. The predicted octanol–water partition coefficient (Wildman–Crippen LogP) is 3.84. The van der Waals surface area contributed by atoms with Crippen molar-refractivity contribution in [3.05, 3.63) is 83.7 Å². The van der Waals surface area contributed by atoms with Crippen molar-refractivity contribution in [3.63, 3.8) is 0 Å². The van der Waals surface area contributed by atoms with Gasteiger partial charge in [0.2, 0.25) is 0 Å². The van der Waals surface area contributed by atoms with Crippen LogP contribution in [0.5, 0.6) is 0 Å². The van der Waals surface area contributed by atoms with Crippen molar-refractivity contribution in [1.29, 1.82) is 0 Å². The van der Waals surface area contributed by atoms with Gasteiger partial charge in [-0.1, -0.05) is 42.5 Å². The standard InChI is InChI=1S/C25H22N2O4/c28-23(18-10-9-16-5-1-2-6-17(16)13-18)21-22(19-7-3-11-26-14-19)27(25(30)24(21)29)15-20-8-4-12-31-20/h1-3,5-7,9-11,13-14,20,22,28H,4,8,12,15H2/b23-21-. The van der Waals surface area contributed by atoms with Gasteiger partial charge in [-0.2, -0.15) is 0 Å². The number of aliphatic hydroxyl groups excluding tert-OH is 1. The first kappa shape index (κ1) is 19.5. The molecular weight excluding hydrogens is 392 g/mol. The average molecular weight is 414 g/mol. The van der Waals surface area contributed by atoms with Crippen LogP contribution >= 0.6 is 0 Å². The number of carbonyl (C=O) groups is 2. The van der Waals surface area contributed by atoms with Crippen LogP contribution in [-0.4, -0.2) is 45.9 Å². The van der Waals surface area contributed by atoms with E-state index in [2.05, 4.69) is 4.98 Å². The molecule has 1 aromatic heterocycles. The number of rotatable bonds is 4. The predicted molar refractivity (Wildman–Crippen MR) is 116 cm³/mol. The maximum Gasteiger partial charge on any atom is 0.295 e. The maximum atomic E-state index is 13.1. The number of amides is 1. The molecule has 2 aromatic carbocycles. The van der Waals surface area contributed by atoms with E-state index in [0.717, 1.165) is 23.6 Å². The molecule has 6 nitrogen and oxygen atoms in total. The lowest BCUT2D eigenvalue weighted by Gasteiger charge is -2.27. The Hall–Kier alpha value is -3.51. The van der Waals surface area contributed by atoms with Gasteiger partial charge in [0.1, 0.15) is 5.76 Å². The average Bonchev–Trinajstić information content (AvgIpc) is 3.41. The minimum Gasteiger partial charge on any atom is -0.507 e. The zero-order valence-electron chi connectivity index (χ0n) is 16.9. The van der Waals surface area contributed by atoms with Gasteiger partial charge in [-0.05, 0) is 41.3 Å². The van der Waals surface area contributed by atoms with Gasteiger partial charge in [0.05, 0.1) is 17.7 Å². The molecular formula is C25H22N2O4. The van der Waals surface area contributed by atoms with E-state index in [1.165, 1.54) is 4.90 Å². The molecule has 6 heteroatoms. The highest BCUT2D eigenvalue weighted by Crippen LogP contribution is 2.40. The number of carbonyl (C=O) groups excluding carboxylic acids is 2. The molecule has 5 rings (SSSR count). The molecule has 2 aliphatic rings. The molecule has 2 saturated heterocycles. The third kappa shape index (κ3) is 3.49. The Morgan fingerprint density at radius 1 is 1.10 bits per heavy atom. The van der Waals surface area contributed by atoms with Gasteiger partial charge in [-0.15, -0.1) is 0 Å². The summed E-state index contributed by atoms with van der Waals surface area (Å²) in [4.78, 5) is 31.8. The summed E-state index contributed by atoms with van der Waals surface area (Å²) in [7, 11) is 0. The Morgan fingerprint density at radius 2 is 1.94 bits per heavy atom. The summed E-state index contributed by atoms with van der Waals surface area (Å²) in [6, 6.07) is 16.2. The highest BCUT2D eigenvalue weighted by atomic mass is 16.5. The van der Waals surface area contributed by atoms with E-state index in [1.807, 2.05) is 42.5 Å². The molecule has 2 fully saturated rings. The summed E-state index contributed by atoms with van der Waals surface area (Å²) < 4.78 is 5.71. The fourth-order valence-corrected chi connectivity index (χ4v) is 4.45. The van der Waals surface area contributed by atoms with Crippen LogP contribution in [-0.2, 0) is 14.3 Å². The van der Waals surface area contributed by atoms with E-state index in [1.54, 1.807) is 24.5 Å². The molecule has 3 aromatic rings. The number of aliphatic hydroxyl groups is 1. The van der Waals surface area contributed by atoms with Crippen LogP contribution in [0.25, 0.3) is 16.5 Å². The summed E-state index contributed by atoms with van der Waals surface area (Å²) in [6.45, 7) is 0.960. The SMILES string of the molecule is O=C1C(=O)N(CC2CCCO2)C(c2cccnc2)/C1=C(/O)c1ccc2ccccc2c1. The number of nitrogens with zero attached hydrogens (tertiary/aromatic N) is 2. The zero-order chi connectivity index (χ0) is 21.4. The van der Waals surface area contributed by atoms with Crippen molar-refractivity contribution in [1.82, 2.24) is 9.88 Å². The molecule has 2 unspecified atom stereocenters. The molecule has 1 N–H and O–H groups in total. The van der Waals surface area contributed by atoms with Gasteiger partial charge in [-0.3, -0.25) is 14.6 Å². The van der Waals surface area contributed by atoms with Crippen LogP contribution in [0.2, 0.25) is 0 Å². The lowest BCUT2D eigenvalue weighted by atomic mass is 9.95. The summed E-state index contributed by atoms with van der Waals surface area (Å²) in [5.41, 5.74) is 1.27. The number of hydrogen-bond acceptors (Lipinski definition) is 5. The monoisotopic (exact) mass is 414 g/mol. The van der Waals surface area contributed by atoms with Crippen LogP contribution in [0.4, 0.5) is 0 Å². The number of Topliss-reactive ketones (excluding diaryl/α,β-unsaturated/α-hetero) is 1. The van der Waals surface area contributed by atoms with E-state index in [0.29, 0.717) is 24.3 Å². The minimum atomic E-state index is -0.704. The largest absolute Gasteiger partial charge is 0.507 e. The second-order valence-corrected chi connectivity index (χ2v) is 7.93. The van der Waals surface area contributed by atoms with Gasteiger partial charge in [0.15, 0.2) is 0 Å². The Labute approximate surface area is 179 Å². The molecule has 31 heavy (non-hydrogen) atoms.